The molecule has 2 aromatic carbocycles. The lowest BCUT2D eigenvalue weighted by Gasteiger charge is -2.42. The van der Waals surface area contributed by atoms with E-state index in [9.17, 15) is 4.39 Å². The van der Waals surface area contributed by atoms with Gasteiger partial charge in [0.05, 0.1) is 11.0 Å². The molecule has 5 aromatic rings. The van der Waals surface area contributed by atoms with Crippen LogP contribution in [0.4, 0.5) is 4.39 Å². The second-order valence-electron chi connectivity index (χ2n) is 33.6. The topological polar surface area (TPSA) is 60.3 Å². The van der Waals surface area contributed by atoms with E-state index in [1.54, 1.807) is 17.7 Å². The summed E-state index contributed by atoms with van der Waals surface area (Å²) in [5.41, 5.74) is 8.83. The highest BCUT2D eigenvalue weighted by Crippen LogP contribution is 2.51. The summed E-state index contributed by atoms with van der Waals surface area (Å²) in [5, 5.41) is 5.83. The first kappa shape index (κ1) is 75.3. The van der Waals surface area contributed by atoms with E-state index in [-0.39, 0.29) is 73.4 Å². The Morgan fingerprint density at radius 1 is 0.444 bits per heavy atom. The molecule has 0 N–H and O–H groups in total. The number of hydrogen-bond donors (Lipinski definition) is 0. The SMILES string of the molecule is C.CC(C)(C)C(C1COC=N1)C(C)(C)C.CC(C)(C)C(c1ccc(-c2ccccc2)cc1)C(C)(C)C.CC(C)(C)C(c1cccnc1)C(C)(C)C.CC(C)(C)C(c1nc(F)cs1)C(C)(C)C.Cc1csc(C(C(C)(C)C)C(C)(C)C)n1. The van der Waals surface area contributed by atoms with Gasteiger partial charge in [0.1, 0.15) is 11.6 Å². The number of ether oxygens (including phenoxy) is 1. The number of benzene rings is 2. The summed E-state index contributed by atoms with van der Waals surface area (Å²) in [4.78, 5) is 17.3. The van der Waals surface area contributed by atoms with Gasteiger partial charge >= 0.3 is 0 Å². The Hall–Kier alpha value is -3.75. The molecule has 0 spiro atoms. The van der Waals surface area contributed by atoms with Crippen molar-refractivity contribution in [3.05, 3.63) is 123 Å². The van der Waals surface area contributed by atoms with Gasteiger partial charge in [-0.15, -0.1) is 22.7 Å². The van der Waals surface area contributed by atoms with Crippen molar-refractivity contribution in [3.8, 4) is 11.1 Å². The van der Waals surface area contributed by atoms with Gasteiger partial charge in [0, 0.05) is 40.7 Å². The van der Waals surface area contributed by atoms with E-state index in [0.29, 0.717) is 29.7 Å². The van der Waals surface area contributed by atoms with E-state index < -0.39 is 0 Å². The number of aromatic nitrogens is 3. The molecule has 5 nitrogen and oxygen atoms in total. The molecule has 1 atom stereocenters. The van der Waals surface area contributed by atoms with Crippen LogP contribution >= 0.6 is 22.7 Å². The molecular formula is C73H121FN4OS2. The fourth-order valence-corrected chi connectivity index (χ4v) is 17.2. The van der Waals surface area contributed by atoms with Gasteiger partial charge in [-0.05, 0) is 107 Å². The molecule has 1 aliphatic rings. The van der Waals surface area contributed by atoms with Gasteiger partial charge in [-0.25, -0.2) is 9.97 Å². The van der Waals surface area contributed by atoms with Crippen LogP contribution in [-0.4, -0.2) is 34.0 Å². The Bertz CT molecular complexity index is 2440. The van der Waals surface area contributed by atoms with Crippen LogP contribution in [0.25, 0.3) is 11.1 Å². The summed E-state index contributed by atoms with van der Waals surface area (Å²) in [6, 6.07) is 24.3. The normalized spacial score (nSPS) is 14.8. The maximum absolute atomic E-state index is 13.0. The molecule has 0 fully saturated rings. The third kappa shape index (κ3) is 24.4. The zero-order chi connectivity index (χ0) is 62.1. The van der Waals surface area contributed by atoms with Crippen LogP contribution in [0.15, 0.2) is 94.9 Å². The Morgan fingerprint density at radius 3 is 1.14 bits per heavy atom. The molecule has 0 bridgehead atoms. The molecule has 0 saturated carbocycles. The first-order chi connectivity index (χ1) is 35.9. The van der Waals surface area contributed by atoms with Crippen LogP contribution in [0, 0.1) is 72.9 Å². The number of halogens is 1. The first-order valence-corrected chi connectivity index (χ1v) is 31.4. The van der Waals surface area contributed by atoms with Gasteiger partial charge in [-0.2, -0.15) is 4.39 Å². The minimum Gasteiger partial charge on any atom is -0.481 e. The zero-order valence-electron chi connectivity index (χ0n) is 56.8. The minimum absolute atomic E-state index is 0. The van der Waals surface area contributed by atoms with Crippen molar-refractivity contribution in [3.63, 3.8) is 0 Å². The van der Waals surface area contributed by atoms with Gasteiger partial charge in [-0.1, -0.05) is 276 Å². The van der Waals surface area contributed by atoms with Gasteiger partial charge in [0.15, 0.2) is 6.40 Å². The van der Waals surface area contributed by atoms with E-state index in [2.05, 4.69) is 301 Å². The van der Waals surface area contributed by atoms with Crippen LogP contribution in [0.1, 0.15) is 266 Å². The van der Waals surface area contributed by atoms with Crippen LogP contribution in [-0.2, 0) is 4.74 Å². The third-order valence-corrected chi connectivity index (χ3v) is 16.7. The molecule has 0 amide bonds. The Balaban J connectivity index is 0.000000509. The lowest BCUT2D eigenvalue weighted by atomic mass is 9.63. The number of hydrogen-bond acceptors (Lipinski definition) is 7. The second kappa shape index (κ2) is 28.9. The zero-order valence-corrected chi connectivity index (χ0v) is 58.4. The predicted octanol–water partition coefficient (Wildman–Crippen LogP) is 23.6. The van der Waals surface area contributed by atoms with E-state index in [1.807, 2.05) is 18.5 Å². The highest BCUT2D eigenvalue weighted by Gasteiger charge is 2.43. The van der Waals surface area contributed by atoms with E-state index >= 15 is 0 Å². The van der Waals surface area contributed by atoms with Crippen molar-refractivity contribution < 1.29 is 9.13 Å². The van der Waals surface area contributed by atoms with E-state index in [4.69, 9.17) is 4.74 Å². The van der Waals surface area contributed by atoms with Crippen molar-refractivity contribution in [2.75, 3.05) is 6.61 Å². The molecule has 458 valence electrons. The summed E-state index contributed by atoms with van der Waals surface area (Å²) < 4.78 is 18.2. The summed E-state index contributed by atoms with van der Waals surface area (Å²) in [7, 11) is 0. The third-order valence-electron chi connectivity index (χ3n) is 14.8. The maximum atomic E-state index is 13.0. The molecular weight excluding hydrogens is 1030 g/mol. The molecule has 8 heteroatoms. The van der Waals surface area contributed by atoms with Crippen LogP contribution in [0.2, 0.25) is 0 Å². The monoisotopic (exact) mass is 1150 g/mol. The number of rotatable bonds is 6. The lowest BCUT2D eigenvalue weighted by Crippen LogP contribution is -2.41. The Labute approximate surface area is 507 Å². The van der Waals surface area contributed by atoms with Gasteiger partial charge < -0.3 is 4.74 Å². The Morgan fingerprint density at radius 2 is 0.827 bits per heavy atom. The number of nitrogens with zero attached hydrogens (tertiary/aromatic N) is 4. The molecule has 1 aliphatic heterocycles. The number of aliphatic imine (C=N–C) groups is 1. The summed E-state index contributed by atoms with van der Waals surface area (Å²) in [6.45, 7) is 71.3. The molecule has 81 heavy (non-hydrogen) atoms. The number of aryl methyl sites for hydroxylation is 1. The van der Waals surface area contributed by atoms with Crippen LogP contribution < -0.4 is 0 Å². The van der Waals surface area contributed by atoms with Crippen LogP contribution in [0.3, 0.4) is 0 Å². The predicted molar refractivity (Wildman–Crippen MR) is 359 cm³/mol. The van der Waals surface area contributed by atoms with Gasteiger partial charge in [-0.3, -0.25) is 9.98 Å². The summed E-state index contributed by atoms with van der Waals surface area (Å²) in [6.07, 6.45) is 5.45. The number of thiazole rings is 2. The van der Waals surface area contributed by atoms with Gasteiger partial charge in [0.2, 0.25) is 5.95 Å². The van der Waals surface area contributed by atoms with Crippen molar-refractivity contribution in [1.82, 2.24) is 15.0 Å². The second-order valence-corrected chi connectivity index (χ2v) is 35.4. The average molecular weight is 1150 g/mol. The fourth-order valence-electron chi connectivity index (χ4n) is 14.6. The quantitative estimate of drug-likeness (QED) is 0.170. The van der Waals surface area contributed by atoms with Crippen molar-refractivity contribution in [1.29, 1.82) is 0 Å². The average Bonchev–Trinajstić information content (AvgIpc) is 4.01. The molecule has 4 heterocycles. The first-order valence-electron chi connectivity index (χ1n) is 29.6. The molecule has 0 radical (unpaired) electrons. The molecule has 0 saturated heterocycles. The highest BCUT2D eigenvalue weighted by molar-refractivity contribution is 7.10. The molecule has 3 aromatic heterocycles. The van der Waals surface area contributed by atoms with E-state index in [0.717, 1.165) is 17.3 Å². The van der Waals surface area contributed by atoms with Crippen molar-refractivity contribution in [2.24, 2.45) is 65.1 Å². The van der Waals surface area contributed by atoms with E-state index in [1.165, 1.54) is 44.0 Å². The molecule has 6 rings (SSSR count). The largest absolute Gasteiger partial charge is 0.481 e. The Kier molecular flexibility index (Phi) is 26.8. The fraction of sp³-hybridized carbons (Fsp3) is 0.671. The van der Waals surface area contributed by atoms with Crippen molar-refractivity contribution in [2.45, 2.75) is 252 Å². The summed E-state index contributed by atoms with van der Waals surface area (Å²) in [5.74, 6) is 2.05. The standard InChI is InChI=1S/C21H28.C14H23N.C13H23NS.C12H20FNS.C12H23NO.CH4/c1-20(2,3)19(21(4,5)6)18-14-12-17(13-15-18)16-10-8-7-9-11-16;1-13(2,3)12(14(4,5)6)11-8-7-9-15-10-11;1-9-8-15-11(14-9)10(12(2,3)4)13(5,6)7;1-11(2,3)9(12(4,5)6)10-14-8(13)7-15-10;1-11(2,3)10(12(4,5)6)9-7-14-8-13-9;/h7-15,19H,1-6H3;7-10,12H,1-6H3;8,10H,1-7H3;7,9H,1-6H3;8-10H,7H2,1-6H3;1H4. The van der Waals surface area contributed by atoms with Crippen molar-refractivity contribution >= 4 is 29.1 Å². The van der Waals surface area contributed by atoms with Gasteiger partial charge in [0.25, 0.3) is 0 Å². The molecule has 1 unspecified atom stereocenters. The number of pyridine rings is 1. The summed E-state index contributed by atoms with van der Waals surface area (Å²) >= 11 is 3.23. The maximum Gasteiger partial charge on any atom is 0.223 e. The minimum atomic E-state index is -0.353. The smallest absolute Gasteiger partial charge is 0.223 e. The van der Waals surface area contributed by atoms with Crippen LogP contribution in [0.5, 0.6) is 0 Å². The lowest BCUT2D eigenvalue weighted by molar-refractivity contribution is 0.0660. The highest BCUT2D eigenvalue weighted by atomic mass is 32.1. The molecule has 0 aliphatic carbocycles.